The van der Waals surface area contributed by atoms with Crippen LogP contribution in [0.2, 0.25) is 0 Å². The molecule has 0 radical (unpaired) electrons. The zero-order chi connectivity index (χ0) is 15.4. The molecule has 1 unspecified atom stereocenters. The lowest BCUT2D eigenvalue weighted by Crippen LogP contribution is -2.12. The third kappa shape index (κ3) is 2.62. The van der Waals surface area contributed by atoms with Crippen LogP contribution in [0.25, 0.3) is 0 Å². The summed E-state index contributed by atoms with van der Waals surface area (Å²) in [6.45, 7) is 0. The van der Waals surface area contributed by atoms with Crippen LogP contribution in [0, 0.1) is 0 Å². The molecule has 0 saturated heterocycles. The quantitative estimate of drug-likeness (QED) is 0.763. The van der Waals surface area contributed by atoms with Crippen molar-refractivity contribution in [3.8, 4) is 0 Å². The lowest BCUT2D eigenvalue weighted by molar-refractivity contribution is 0.274. The Labute approximate surface area is 131 Å². The van der Waals surface area contributed by atoms with Gasteiger partial charge in [0.2, 0.25) is 0 Å². The van der Waals surface area contributed by atoms with Gasteiger partial charge in [0.15, 0.2) is 7.14 Å². The number of allylic oxidation sites excluding steroid dienone is 5. The van der Waals surface area contributed by atoms with Crippen LogP contribution in [0.1, 0.15) is 25.7 Å². The molecule has 0 N–H and O–H groups in total. The van der Waals surface area contributed by atoms with Gasteiger partial charge >= 0.3 is 0 Å². The molecule has 114 valence electrons. The highest BCUT2D eigenvalue weighted by atomic mass is 31.2. The van der Waals surface area contributed by atoms with Gasteiger partial charge in [0, 0.05) is 23.3 Å². The minimum Gasteiger partial charge on any atom is -0.499 e. The van der Waals surface area contributed by atoms with Gasteiger partial charge in [-0.3, -0.25) is 4.99 Å². The smallest absolute Gasteiger partial charge is 0.191 e. The van der Waals surface area contributed by atoms with Gasteiger partial charge in [0.25, 0.3) is 0 Å². The molecule has 0 saturated carbocycles. The minimum atomic E-state index is -2.96. The van der Waals surface area contributed by atoms with E-state index in [1.165, 1.54) is 0 Å². The third-order valence-corrected chi connectivity index (χ3v) is 7.01. The minimum absolute atomic E-state index is 0.602. The summed E-state index contributed by atoms with van der Waals surface area (Å²) in [5.41, 5.74) is 0.602. The molecule has 1 aromatic rings. The molecule has 0 aromatic heterocycles. The normalized spacial score (nSPS) is 20.5. The Morgan fingerprint density at radius 3 is 2.64 bits per heavy atom. The molecule has 1 heterocycles. The first kappa shape index (κ1) is 15.1. The van der Waals surface area contributed by atoms with Crippen molar-refractivity contribution in [3.05, 3.63) is 65.1 Å². The molecule has 0 spiro atoms. The number of nitrogens with zero attached hydrogens (tertiary/aromatic N) is 1. The molecule has 22 heavy (non-hydrogen) atoms. The van der Waals surface area contributed by atoms with Crippen LogP contribution in [0.4, 0.5) is 0 Å². The average Bonchev–Trinajstić information content (AvgIpc) is 2.62. The Bertz CT molecular complexity index is 714. The van der Waals surface area contributed by atoms with Crippen molar-refractivity contribution < 1.29 is 9.30 Å². The lowest BCUT2D eigenvalue weighted by atomic mass is 10.2. The Morgan fingerprint density at radius 1 is 1.14 bits per heavy atom. The maximum atomic E-state index is 14.1. The second-order valence-corrected chi connectivity index (χ2v) is 8.03. The summed E-state index contributed by atoms with van der Waals surface area (Å²) in [5, 5.41) is 1.69. The van der Waals surface area contributed by atoms with E-state index < -0.39 is 7.14 Å². The number of methoxy groups -OCH3 is 1. The maximum absolute atomic E-state index is 14.1. The fourth-order valence-electron chi connectivity index (χ4n) is 2.85. The van der Waals surface area contributed by atoms with Gasteiger partial charge in [0.05, 0.1) is 7.11 Å². The lowest BCUT2D eigenvalue weighted by Gasteiger charge is -2.25. The average molecular weight is 313 g/mol. The number of hydrogen-bond donors (Lipinski definition) is 0. The van der Waals surface area contributed by atoms with Crippen molar-refractivity contribution in [1.82, 2.24) is 0 Å². The molecule has 2 aliphatic rings. The summed E-state index contributed by atoms with van der Waals surface area (Å²) in [6, 6.07) is 9.64. The van der Waals surface area contributed by atoms with Gasteiger partial charge in [-0.25, -0.2) is 0 Å². The van der Waals surface area contributed by atoms with E-state index in [9.17, 15) is 4.57 Å². The number of aliphatic imine (C=N–C) groups is 1. The molecule has 0 bridgehead atoms. The molecule has 0 fully saturated rings. The van der Waals surface area contributed by atoms with Crippen molar-refractivity contribution in [2.75, 3.05) is 7.11 Å². The van der Waals surface area contributed by atoms with E-state index in [0.29, 0.717) is 5.44 Å². The second kappa shape index (κ2) is 6.50. The van der Waals surface area contributed by atoms with Crippen LogP contribution >= 0.6 is 7.14 Å². The summed E-state index contributed by atoms with van der Waals surface area (Å²) in [4.78, 5) is 4.50. The maximum Gasteiger partial charge on any atom is 0.191 e. The molecule has 3 nitrogen and oxygen atoms in total. The first-order valence-electron chi connectivity index (χ1n) is 7.60. The van der Waals surface area contributed by atoms with E-state index in [0.717, 1.165) is 42.1 Å². The topological polar surface area (TPSA) is 38.7 Å². The van der Waals surface area contributed by atoms with E-state index >= 15 is 0 Å². The Hall–Kier alpha value is -1.86. The summed E-state index contributed by atoms with van der Waals surface area (Å²) in [5.74, 6) is 0.745. The molecular weight excluding hydrogens is 293 g/mol. The number of hydrogen-bond acceptors (Lipinski definition) is 3. The van der Waals surface area contributed by atoms with Crippen LogP contribution in [-0.4, -0.2) is 13.3 Å². The highest BCUT2D eigenvalue weighted by Crippen LogP contribution is 2.63. The summed E-state index contributed by atoms with van der Waals surface area (Å²) >= 11 is 0. The van der Waals surface area contributed by atoms with Gasteiger partial charge in [-0.1, -0.05) is 48.6 Å². The number of rotatable bonds is 4. The predicted octanol–water partition coefficient (Wildman–Crippen LogP) is 4.59. The molecule has 3 rings (SSSR count). The monoisotopic (exact) mass is 313 g/mol. The first-order chi connectivity index (χ1) is 10.8. The second-order valence-electron chi connectivity index (χ2n) is 5.35. The Balaban J connectivity index is 2.22. The van der Waals surface area contributed by atoms with Crippen molar-refractivity contribution >= 4 is 18.7 Å². The fraction of sp³-hybridized carbons (Fsp3) is 0.278. The molecule has 4 heteroatoms. The Morgan fingerprint density at radius 2 is 1.95 bits per heavy atom. The predicted molar refractivity (Wildman–Crippen MR) is 91.9 cm³/mol. The summed E-state index contributed by atoms with van der Waals surface area (Å²) < 4.78 is 19.6. The molecular formula is C18H20NO2P. The largest absolute Gasteiger partial charge is 0.499 e. The molecule has 0 amide bonds. The van der Waals surface area contributed by atoms with E-state index in [4.69, 9.17) is 4.74 Å². The standard InChI is InChI=1S/C18H20NO2P/c1-21-17-13-8-14-19-18(17)22(20,15-9-4-2-5-10-15)16-11-6-3-7-12-16/h2,4-6,9-12,14H,3,7-8,13H2,1H3. The van der Waals surface area contributed by atoms with Crippen molar-refractivity contribution in [2.24, 2.45) is 4.99 Å². The third-order valence-electron chi connectivity index (χ3n) is 3.97. The molecule has 1 aromatic carbocycles. The number of benzene rings is 1. The van der Waals surface area contributed by atoms with Crippen LogP contribution in [0.15, 0.2) is 70.1 Å². The van der Waals surface area contributed by atoms with Crippen LogP contribution in [0.5, 0.6) is 0 Å². The zero-order valence-electron chi connectivity index (χ0n) is 12.7. The highest BCUT2D eigenvalue weighted by molar-refractivity contribution is 7.79. The summed E-state index contributed by atoms with van der Waals surface area (Å²) in [6.07, 6.45) is 11.5. The van der Waals surface area contributed by atoms with Gasteiger partial charge < -0.3 is 9.30 Å². The van der Waals surface area contributed by atoms with Crippen molar-refractivity contribution in [1.29, 1.82) is 0 Å². The molecule has 1 atom stereocenters. The van der Waals surface area contributed by atoms with Gasteiger partial charge in [-0.15, -0.1) is 0 Å². The van der Waals surface area contributed by atoms with Gasteiger partial charge in [0.1, 0.15) is 11.2 Å². The van der Waals surface area contributed by atoms with Crippen LogP contribution in [0.3, 0.4) is 0 Å². The van der Waals surface area contributed by atoms with Crippen molar-refractivity contribution in [3.63, 3.8) is 0 Å². The molecule has 1 aliphatic carbocycles. The highest BCUT2D eigenvalue weighted by Gasteiger charge is 2.36. The zero-order valence-corrected chi connectivity index (χ0v) is 13.6. The van der Waals surface area contributed by atoms with E-state index in [-0.39, 0.29) is 0 Å². The Kier molecular flexibility index (Phi) is 4.44. The van der Waals surface area contributed by atoms with E-state index in [1.54, 1.807) is 7.11 Å². The molecule has 1 aliphatic heterocycles. The summed E-state index contributed by atoms with van der Waals surface area (Å²) in [7, 11) is -1.33. The first-order valence-corrected chi connectivity index (χ1v) is 9.30. The SMILES string of the molecule is COC1=C(P(=O)(C2=CCCC=C2)c2ccccc2)N=CCC1. The number of ether oxygens (including phenoxy) is 1. The van der Waals surface area contributed by atoms with Gasteiger partial charge in [-0.05, 0) is 19.3 Å². The van der Waals surface area contributed by atoms with Gasteiger partial charge in [-0.2, -0.15) is 0 Å². The fourth-order valence-corrected chi connectivity index (χ4v) is 5.72. The van der Waals surface area contributed by atoms with E-state index in [2.05, 4.69) is 17.1 Å². The van der Waals surface area contributed by atoms with Crippen LogP contribution in [-0.2, 0) is 9.30 Å². The van der Waals surface area contributed by atoms with Crippen molar-refractivity contribution in [2.45, 2.75) is 25.7 Å². The van der Waals surface area contributed by atoms with Crippen LogP contribution < -0.4 is 5.30 Å². The van der Waals surface area contributed by atoms with E-state index in [1.807, 2.05) is 42.6 Å².